The molecule has 25 heavy (non-hydrogen) atoms. The third-order valence-electron chi connectivity index (χ3n) is 3.96. The van der Waals surface area contributed by atoms with Gasteiger partial charge < -0.3 is 24.0 Å². The molecule has 0 radical (unpaired) electrons. The number of carboxylic acid groups (broad SMARTS) is 1. The molecule has 0 saturated carbocycles. The van der Waals surface area contributed by atoms with Crippen molar-refractivity contribution in [1.82, 2.24) is 5.32 Å². The lowest BCUT2D eigenvalue weighted by Gasteiger charge is -2.11. The highest BCUT2D eigenvalue weighted by Crippen LogP contribution is 2.32. The molecule has 0 aliphatic rings. The first-order valence-corrected chi connectivity index (χ1v) is 7.61. The van der Waals surface area contributed by atoms with Gasteiger partial charge in [0, 0.05) is 10.9 Å². The van der Waals surface area contributed by atoms with Crippen LogP contribution in [0.3, 0.4) is 0 Å². The Morgan fingerprint density at radius 3 is 2.52 bits per heavy atom. The van der Waals surface area contributed by atoms with E-state index in [1.165, 1.54) is 12.1 Å². The second-order valence-electron chi connectivity index (χ2n) is 5.62. The summed E-state index contributed by atoms with van der Waals surface area (Å²) < 4.78 is 16.1. The van der Waals surface area contributed by atoms with Crippen molar-refractivity contribution in [2.75, 3.05) is 7.11 Å². The summed E-state index contributed by atoms with van der Waals surface area (Å²) in [5, 5.41) is 12.5. The summed E-state index contributed by atoms with van der Waals surface area (Å²) in [4.78, 5) is 23.1. The van der Waals surface area contributed by atoms with Crippen molar-refractivity contribution in [2.24, 2.45) is 0 Å². The van der Waals surface area contributed by atoms with Gasteiger partial charge in [-0.25, -0.2) is 4.79 Å². The minimum absolute atomic E-state index is 0.0697. The van der Waals surface area contributed by atoms with Crippen LogP contribution in [0.2, 0.25) is 0 Å². The first-order chi connectivity index (χ1) is 11.9. The Bertz CT molecular complexity index is 952. The summed E-state index contributed by atoms with van der Waals surface area (Å²) in [5.74, 6) is -0.769. The number of fused-ring (bicyclic) bond motifs is 1. The number of rotatable bonds is 5. The van der Waals surface area contributed by atoms with Gasteiger partial charge in [-0.05, 0) is 44.2 Å². The highest BCUT2D eigenvalue weighted by Gasteiger charge is 2.21. The fourth-order valence-corrected chi connectivity index (χ4v) is 2.67. The largest absolute Gasteiger partial charge is 0.497 e. The van der Waals surface area contributed by atoms with Crippen molar-refractivity contribution >= 4 is 22.8 Å². The van der Waals surface area contributed by atoms with Gasteiger partial charge in [0.25, 0.3) is 5.91 Å². The fraction of sp³-hybridized carbons (Fsp3) is 0.222. The number of carboxylic acids is 1. The van der Waals surface area contributed by atoms with E-state index in [1.807, 2.05) is 19.1 Å². The van der Waals surface area contributed by atoms with Crippen LogP contribution >= 0.6 is 0 Å². The van der Waals surface area contributed by atoms with Crippen molar-refractivity contribution in [3.05, 3.63) is 53.2 Å². The van der Waals surface area contributed by atoms with Gasteiger partial charge in [0.2, 0.25) is 5.76 Å². The van der Waals surface area contributed by atoms with Crippen LogP contribution in [0.4, 0.5) is 0 Å². The number of amides is 1. The zero-order chi connectivity index (χ0) is 18.1. The van der Waals surface area contributed by atoms with Gasteiger partial charge >= 0.3 is 5.97 Å². The Balaban J connectivity index is 1.83. The molecule has 2 N–H and O–H groups in total. The smallest absolute Gasteiger partial charge is 0.371 e. The van der Waals surface area contributed by atoms with Crippen LogP contribution in [-0.2, 0) is 0 Å². The first-order valence-electron chi connectivity index (χ1n) is 7.61. The summed E-state index contributed by atoms with van der Waals surface area (Å²) in [6.07, 6.45) is 0. The van der Waals surface area contributed by atoms with Gasteiger partial charge in [-0.2, -0.15) is 0 Å². The maximum absolute atomic E-state index is 12.2. The minimum atomic E-state index is -1.23. The van der Waals surface area contributed by atoms with Gasteiger partial charge in [0.05, 0.1) is 13.2 Å². The molecule has 1 unspecified atom stereocenters. The molecular formula is C18H17NO6. The Morgan fingerprint density at radius 1 is 1.16 bits per heavy atom. The highest BCUT2D eigenvalue weighted by atomic mass is 16.5. The normalized spacial score (nSPS) is 12.1. The number of carbonyl (C=O) groups is 2. The molecule has 1 aromatic carbocycles. The average molecular weight is 343 g/mol. The Labute approximate surface area is 143 Å². The molecule has 0 aliphatic heterocycles. The molecule has 0 fully saturated rings. The molecule has 7 nitrogen and oxygen atoms in total. The van der Waals surface area contributed by atoms with E-state index < -0.39 is 17.9 Å². The average Bonchev–Trinajstić information content (AvgIpc) is 3.20. The predicted octanol–water partition coefficient (Wildman–Crippen LogP) is 3.53. The van der Waals surface area contributed by atoms with Gasteiger partial charge in [-0.1, -0.05) is 0 Å². The maximum Gasteiger partial charge on any atom is 0.371 e. The molecule has 130 valence electrons. The summed E-state index contributed by atoms with van der Waals surface area (Å²) in [6.45, 7) is 3.68. The molecule has 1 amide bonds. The van der Waals surface area contributed by atoms with Crippen LogP contribution in [0.15, 0.2) is 39.2 Å². The van der Waals surface area contributed by atoms with E-state index in [0.29, 0.717) is 11.3 Å². The number of nitrogens with one attached hydrogen (secondary N) is 1. The Kier molecular flexibility index (Phi) is 4.22. The van der Waals surface area contributed by atoms with E-state index in [2.05, 4.69) is 5.32 Å². The number of benzene rings is 1. The molecule has 2 heterocycles. The molecular weight excluding hydrogens is 326 g/mol. The van der Waals surface area contributed by atoms with Crippen molar-refractivity contribution in [2.45, 2.75) is 19.9 Å². The van der Waals surface area contributed by atoms with Gasteiger partial charge in [0.1, 0.15) is 17.1 Å². The van der Waals surface area contributed by atoms with Crippen LogP contribution in [-0.4, -0.2) is 24.1 Å². The van der Waals surface area contributed by atoms with Crippen LogP contribution in [0.25, 0.3) is 11.0 Å². The molecule has 3 rings (SSSR count). The number of hydrogen-bond donors (Lipinski definition) is 2. The Hall–Kier alpha value is -3.22. The lowest BCUT2D eigenvalue weighted by molar-refractivity contribution is 0.0659. The molecule has 3 aromatic rings. The van der Waals surface area contributed by atoms with Gasteiger partial charge in [-0.3, -0.25) is 4.79 Å². The molecule has 0 saturated heterocycles. The minimum Gasteiger partial charge on any atom is -0.497 e. The summed E-state index contributed by atoms with van der Waals surface area (Å²) >= 11 is 0. The van der Waals surface area contributed by atoms with Crippen LogP contribution in [0.1, 0.15) is 45.4 Å². The van der Waals surface area contributed by atoms with Crippen molar-refractivity contribution in [1.29, 1.82) is 0 Å². The lowest BCUT2D eigenvalue weighted by atomic mass is 10.1. The number of aromatic carboxylic acids is 1. The second-order valence-corrected chi connectivity index (χ2v) is 5.62. The zero-order valence-electron chi connectivity index (χ0n) is 14.0. The summed E-state index contributed by atoms with van der Waals surface area (Å²) in [5.41, 5.74) is 1.59. The SMILES string of the molecule is COc1ccc2oc(C(C)NC(=O)c3ccc(C(=O)O)o3)c(C)c2c1. The second kappa shape index (κ2) is 6.35. The number of aryl methyl sites for hydroxylation is 1. The van der Waals surface area contributed by atoms with E-state index in [9.17, 15) is 9.59 Å². The number of ether oxygens (including phenoxy) is 1. The number of hydrogen-bond acceptors (Lipinski definition) is 5. The van der Waals surface area contributed by atoms with Crippen LogP contribution in [0.5, 0.6) is 5.75 Å². The molecule has 0 aliphatic carbocycles. The highest BCUT2D eigenvalue weighted by molar-refractivity contribution is 5.94. The van der Waals surface area contributed by atoms with Crippen molar-refractivity contribution in [3.8, 4) is 5.75 Å². The van der Waals surface area contributed by atoms with E-state index in [4.69, 9.17) is 18.7 Å². The molecule has 7 heteroatoms. The van der Waals surface area contributed by atoms with E-state index >= 15 is 0 Å². The third kappa shape index (κ3) is 3.08. The summed E-state index contributed by atoms with van der Waals surface area (Å²) in [7, 11) is 1.59. The standard InChI is InChI=1S/C18H17NO6/c1-9-12-8-11(23-3)4-5-13(12)25-16(9)10(2)19-17(20)14-6-7-15(24-14)18(21)22/h4-8,10H,1-3H3,(H,19,20)(H,21,22). The number of carbonyl (C=O) groups excluding carboxylic acids is 1. The summed E-state index contributed by atoms with van der Waals surface area (Å²) in [6, 6.07) is 7.61. The Morgan fingerprint density at radius 2 is 1.88 bits per heavy atom. The molecule has 2 aromatic heterocycles. The van der Waals surface area contributed by atoms with Crippen molar-refractivity contribution in [3.63, 3.8) is 0 Å². The lowest BCUT2D eigenvalue weighted by Crippen LogP contribution is -2.26. The van der Waals surface area contributed by atoms with E-state index in [-0.39, 0.29) is 11.5 Å². The molecule has 1 atom stereocenters. The van der Waals surface area contributed by atoms with E-state index in [1.54, 1.807) is 20.1 Å². The van der Waals surface area contributed by atoms with Crippen molar-refractivity contribution < 1.29 is 28.3 Å². The predicted molar refractivity (Wildman–Crippen MR) is 89.1 cm³/mol. The van der Waals surface area contributed by atoms with Gasteiger partial charge in [-0.15, -0.1) is 0 Å². The fourth-order valence-electron chi connectivity index (χ4n) is 2.67. The molecule has 0 spiro atoms. The van der Waals surface area contributed by atoms with Crippen LogP contribution in [0, 0.1) is 6.92 Å². The molecule has 0 bridgehead atoms. The van der Waals surface area contributed by atoms with Gasteiger partial charge in [0.15, 0.2) is 5.76 Å². The number of furan rings is 2. The quantitative estimate of drug-likeness (QED) is 0.735. The maximum atomic E-state index is 12.2. The monoisotopic (exact) mass is 343 g/mol. The first kappa shape index (κ1) is 16.6. The topological polar surface area (TPSA) is 102 Å². The van der Waals surface area contributed by atoms with Crippen LogP contribution < -0.4 is 10.1 Å². The van der Waals surface area contributed by atoms with E-state index in [0.717, 1.165) is 16.7 Å². The zero-order valence-corrected chi connectivity index (χ0v) is 14.0. The number of methoxy groups -OCH3 is 1. The third-order valence-corrected chi connectivity index (χ3v) is 3.96.